The van der Waals surface area contributed by atoms with Gasteiger partial charge in [0.25, 0.3) is 0 Å². The number of rotatable bonds is 5. The minimum Gasteiger partial charge on any atom is -0.382 e. The number of amidine groups is 1. The van der Waals surface area contributed by atoms with E-state index in [0.29, 0.717) is 31.3 Å². The van der Waals surface area contributed by atoms with Crippen LogP contribution < -0.4 is 11.5 Å². The standard InChI is InChI=1S/C17H27N5O2/c1-4-10(2)6-20-17(19)14-11(3)22(9-21-14)13-8-24-15-12(5-18)7-23-16(13)15/h6,9,12-13,15-16H,4-5,7-8,18H2,1-3H3,(H2,19,20)/b10-6+/t12-,13?,15?,16?/m1/s1. The minimum absolute atomic E-state index is 0.0275. The Hall–Kier alpha value is -1.70. The zero-order chi connectivity index (χ0) is 17.3. The van der Waals surface area contributed by atoms with Gasteiger partial charge in [-0.1, -0.05) is 12.5 Å². The van der Waals surface area contributed by atoms with E-state index in [9.17, 15) is 0 Å². The number of ether oxygens (including phenoxy) is 2. The number of nitrogens with zero attached hydrogens (tertiary/aromatic N) is 3. The molecule has 2 fully saturated rings. The minimum atomic E-state index is 0.0275. The third kappa shape index (κ3) is 2.99. The van der Waals surface area contributed by atoms with E-state index in [1.807, 2.05) is 13.8 Å². The molecule has 0 bridgehead atoms. The Morgan fingerprint density at radius 3 is 2.88 bits per heavy atom. The van der Waals surface area contributed by atoms with Crippen LogP contribution in [0.25, 0.3) is 0 Å². The van der Waals surface area contributed by atoms with E-state index in [-0.39, 0.29) is 24.2 Å². The number of hydrogen-bond donors (Lipinski definition) is 2. The molecule has 1 aromatic rings. The van der Waals surface area contributed by atoms with Crippen LogP contribution in [0.1, 0.15) is 37.7 Å². The molecule has 2 aliphatic heterocycles. The monoisotopic (exact) mass is 333 g/mol. The summed E-state index contributed by atoms with van der Waals surface area (Å²) in [6.45, 7) is 7.98. The van der Waals surface area contributed by atoms with Crippen molar-refractivity contribution in [3.63, 3.8) is 0 Å². The van der Waals surface area contributed by atoms with Crippen LogP contribution >= 0.6 is 0 Å². The van der Waals surface area contributed by atoms with Crippen LogP contribution in [0, 0.1) is 12.8 Å². The summed E-state index contributed by atoms with van der Waals surface area (Å²) in [5.74, 6) is 0.707. The molecule has 2 aliphatic rings. The Labute approximate surface area is 142 Å². The summed E-state index contributed by atoms with van der Waals surface area (Å²) in [4.78, 5) is 8.79. The molecule has 1 aromatic heterocycles. The van der Waals surface area contributed by atoms with Crippen LogP contribution in [0.3, 0.4) is 0 Å². The SMILES string of the molecule is CC/C(C)=C/N=C(N)c1ncn(C2COC3C2OC[C@H]3CN)c1C. The second-order valence-corrected chi connectivity index (χ2v) is 6.59. The summed E-state index contributed by atoms with van der Waals surface area (Å²) in [7, 11) is 0. The number of imidazole rings is 1. The highest BCUT2D eigenvalue weighted by molar-refractivity contribution is 5.97. The Kier molecular flexibility index (Phi) is 5.03. The fraction of sp³-hybridized carbons (Fsp3) is 0.647. The first-order valence-electron chi connectivity index (χ1n) is 8.52. The van der Waals surface area contributed by atoms with Crippen LogP contribution in [0.5, 0.6) is 0 Å². The second kappa shape index (κ2) is 7.04. The van der Waals surface area contributed by atoms with Crippen LogP contribution in [-0.2, 0) is 9.47 Å². The smallest absolute Gasteiger partial charge is 0.151 e. The van der Waals surface area contributed by atoms with Gasteiger partial charge in [0, 0.05) is 17.8 Å². The van der Waals surface area contributed by atoms with Crippen molar-refractivity contribution in [3.8, 4) is 0 Å². The summed E-state index contributed by atoms with van der Waals surface area (Å²) in [5.41, 5.74) is 14.8. The topological polar surface area (TPSA) is 101 Å². The van der Waals surface area contributed by atoms with Crippen molar-refractivity contribution in [2.24, 2.45) is 22.4 Å². The Bertz CT molecular complexity index is 651. The van der Waals surface area contributed by atoms with E-state index in [1.54, 1.807) is 12.5 Å². The molecule has 24 heavy (non-hydrogen) atoms. The van der Waals surface area contributed by atoms with Crippen molar-refractivity contribution in [3.05, 3.63) is 29.5 Å². The predicted molar refractivity (Wildman–Crippen MR) is 92.8 cm³/mol. The second-order valence-electron chi connectivity index (χ2n) is 6.59. The number of allylic oxidation sites excluding steroid dienone is 1. The molecule has 2 saturated heterocycles. The lowest BCUT2D eigenvalue weighted by Crippen LogP contribution is -2.31. The van der Waals surface area contributed by atoms with Crippen LogP contribution in [0.15, 0.2) is 23.1 Å². The van der Waals surface area contributed by atoms with E-state index >= 15 is 0 Å². The van der Waals surface area contributed by atoms with Gasteiger partial charge in [-0.25, -0.2) is 9.98 Å². The van der Waals surface area contributed by atoms with E-state index in [0.717, 1.165) is 12.1 Å². The predicted octanol–water partition coefficient (Wildman–Crippen LogP) is 1.12. The van der Waals surface area contributed by atoms with Crippen molar-refractivity contribution in [1.29, 1.82) is 0 Å². The van der Waals surface area contributed by atoms with E-state index in [4.69, 9.17) is 20.9 Å². The van der Waals surface area contributed by atoms with Crippen LogP contribution in [0.2, 0.25) is 0 Å². The molecule has 3 rings (SSSR count). The van der Waals surface area contributed by atoms with Gasteiger partial charge in [0.05, 0.1) is 31.7 Å². The molecular weight excluding hydrogens is 306 g/mol. The number of aromatic nitrogens is 2. The van der Waals surface area contributed by atoms with Crippen molar-refractivity contribution >= 4 is 5.84 Å². The van der Waals surface area contributed by atoms with Crippen molar-refractivity contribution in [2.45, 2.75) is 45.4 Å². The maximum absolute atomic E-state index is 6.11. The summed E-state index contributed by atoms with van der Waals surface area (Å²) in [6, 6.07) is 0.105. The lowest BCUT2D eigenvalue weighted by atomic mass is 10.0. The summed E-state index contributed by atoms with van der Waals surface area (Å²) >= 11 is 0. The van der Waals surface area contributed by atoms with Gasteiger partial charge in [-0.15, -0.1) is 0 Å². The highest BCUT2D eigenvalue weighted by atomic mass is 16.6. The highest BCUT2D eigenvalue weighted by Crippen LogP contribution is 2.37. The first kappa shape index (κ1) is 17.1. The Morgan fingerprint density at radius 1 is 1.42 bits per heavy atom. The third-order valence-electron chi connectivity index (χ3n) is 5.06. The summed E-state index contributed by atoms with van der Waals surface area (Å²) in [6.07, 6.45) is 4.66. The summed E-state index contributed by atoms with van der Waals surface area (Å²) in [5, 5.41) is 0. The quantitative estimate of drug-likeness (QED) is 0.621. The van der Waals surface area contributed by atoms with Gasteiger partial charge in [0.15, 0.2) is 5.84 Å². The molecule has 132 valence electrons. The number of fused-ring (bicyclic) bond motifs is 1. The molecule has 0 amide bonds. The molecule has 0 aromatic carbocycles. The van der Waals surface area contributed by atoms with Gasteiger partial charge >= 0.3 is 0 Å². The van der Waals surface area contributed by atoms with E-state index in [2.05, 4.69) is 21.5 Å². The third-order valence-corrected chi connectivity index (χ3v) is 5.06. The summed E-state index contributed by atoms with van der Waals surface area (Å²) < 4.78 is 14.0. The number of nitrogens with two attached hydrogens (primary N) is 2. The van der Waals surface area contributed by atoms with Crippen molar-refractivity contribution < 1.29 is 9.47 Å². The number of hydrogen-bond acceptors (Lipinski definition) is 5. The highest BCUT2D eigenvalue weighted by Gasteiger charge is 2.48. The Morgan fingerprint density at radius 2 is 2.17 bits per heavy atom. The fourth-order valence-corrected chi connectivity index (χ4v) is 3.34. The van der Waals surface area contributed by atoms with E-state index in [1.165, 1.54) is 5.57 Å². The molecule has 0 spiro atoms. The van der Waals surface area contributed by atoms with Crippen LogP contribution in [-0.4, -0.2) is 47.4 Å². The molecule has 3 heterocycles. The van der Waals surface area contributed by atoms with Gasteiger partial charge in [-0.05, 0) is 26.8 Å². The molecule has 4 N–H and O–H groups in total. The van der Waals surface area contributed by atoms with Crippen molar-refractivity contribution in [2.75, 3.05) is 19.8 Å². The van der Waals surface area contributed by atoms with Gasteiger partial charge in [-0.3, -0.25) is 0 Å². The first-order chi connectivity index (χ1) is 11.6. The molecule has 0 aliphatic carbocycles. The van der Waals surface area contributed by atoms with Crippen LogP contribution in [0.4, 0.5) is 0 Å². The molecule has 3 unspecified atom stereocenters. The lowest BCUT2D eigenvalue weighted by Gasteiger charge is -2.19. The maximum Gasteiger partial charge on any atom is 0.151 e. The molecular formula is C17H27N5O2. The zero-order valence-corrected chi connectivity index (χ0v) is 14.6. The lowest BCUT2D eigenvalue weighted by molar-refractivity contribution is 0.0615. The van der Waals surface area contributed by atoms with Gasteiger partial charge in [-0.2, -0.15) is 0 Å². The molecule has 7 nitrogen and oxygen atoms in total. The largest absolute Gasteiger partial charge is 0.382 e. The Balaban J connectivity index is 1.81. The van der Waals surface area contributed by atoms with Gasteiger partial charge < -0.3 is 25.5 Å². The first-order valence-corrected chi connectivity index (χ1v) is 8.52. The molecule has 0 radical (unpaired) electrons. The fourth-order valence-electron chi connectivity index (χ4n) is 3.34. The molecule has 7 heteroatoms. The zero-order valence-electron chi connectivity index (χ0n) is 14.6. The van der Waals surface area contributed by atoms with Gasteiger partial charge in [0.1, 0.15) is 11.8 Å². The number of aliphatic imine (C=N–C) groups is 1. The average molecular weight is 333 g/mol. The molecule has 4 atom stereocenters. The van der Waals surface area contributed by atoms with Crippen molar-refractivity contribution in [1.82, 2.24) is 9.55 Å². The maximum atomic E-state index is 6.11. The van der Waals surface area contributed by atoms with Gasteiger partial charge in [0.2, 0.25) is 0 Å². The molecule has 0 saturated carbocycles. The van der Waals surface area contributed by atoms with E-state index < -0.39 is 0 Å². The normalized spacial score (nSPS) is 30.8. The average Bonchev–Trinajstić information content (AvgIpc) is 3.26.